The summed E-state index contributed by atoms with van der Waals surface area (Å²) in [5.74, 6) is -2.59. The van der Waals surface area contributed by atoms with Crippen molar-refractivity contribution in [2.24, 2.45) is 5.41 Å². The van der Waals surface area contributed by atoms with Crippen LogP contribution in [-0.2, 0) is 9.59 Å². The third-order valence-corrected chi connectivity index (χ3v) is 2.74. The fourth-order valence-electron chi connectivity index (χ4n) is 0.206. The van der Waals surface area contributed by atoms with Gasteiger partial charge >= 0.3 is 11.9 Å². The third-order valence-electron chi connectivity index (χ3n) is 1.21. The van der Waals surface area contributed by atoms with Gasteiger partial charge in [0, 0.05) is 4.43 Å². The zero-order valence-electron chi connectivity index (χ0n) is 5.30. The summed E-state index contributed by atoms with van der Waals surface area (Å²) < 4.78 is 0.0649. The van der Waals surface area contributed by atoms with Crippen LogP contribution in [0, 0.1) is 5.41 Å². The van der Waals surface area contributed by atoms with Crippen LogP contribution in [0.1, 0.15) is 6.92 Å². The van der Waals surface area contributed by atoms with E-state index in [-0.39, 0.29) is 4.43 Å². The zero-order chi connectivity index (χ0) is 8.36. The Morgan fingerprint density at radius 3 is 1.70 bits per heavy atom. The van der Waals surface area contributed by atoms with Gasteiger partial charge in [0.1, 0.15) is 0 Å². The Kier molecular flexibility index (Phi) is 3.07. The quantitative estimate of drug-likeness (QED) is 0.441. The van der Waals surface area contributed by atoms with Crippen LogP contribution < -0.4 is 0 Å². The molecule has 0 unspecified atom stereocenters. The highest BCUT2D eigenvalue weighted by molar-refractivity contribution is 14.1. The molecule has 0 saturated carbocycles. The molecule has 0 rings (SSSR count). The summed E-state index contributed by atoms with van der Waals surface area (Å²) in [4.78, 5) is 20.6. The van der Waals surface area contributed by atoms with Crippen molar-refractivity contribution in [1.29, 1.82) is 0 Å². The number of hydrogen-bond acceptors (Lipinski definition) is 2. The summed E-state index contributed by atoms with van der Waals surface area (Å²) in [5, 5.41) is 16.8. The van der Waals surface area contributed by atoms with E-state index in [2.05, 4.69) is 0 Å². The van der Waals surface area contributed by atoms with Crippen molar-refractivity contribution < 1.29 is 19.8 Å². The van der Waals surface area contributed by atoms with E-state index in [1.165, 1.54) is 6.92 Å². The normalized spacial score (nSPS) is 11.0. The molecule has 5 heteroatoms. The van der Waals surface area contributed by atoms with E-state index >= 15 is 0 Å². The summed E-state index contributed by atoms with van der Waals surface area (Å²) in [6, 6.07) is 0. The number of hydrogen-bond donors (Lipinski definition) is 2. The Labute approximate surface area is 71.4 Å². The number of halogens is 1. The van der Waals surface area contributed by atoms with Gasteiger partial charge in [-0.15, -0.1) is 0 Å². The van der Waals surface area contributed by atoms with E-state index in [1.807, 2.05) is 0 Å². The monoisotopic (exact) mass is 258 g/mol. The summed E-state index contributed by atoms with van der Waals surface area (Å²) in [6.07, 6.45) is 0. The van der Waals surface area contributed by atoms with Crippen molar-refractivity contribution in [2.45, 2.75) is 6.92 Å². The van der Waals surface area contributed by atoms with E-state index in [0.29, 0.717) is 0 Å². The fraction of sp³-hybridized carbons (Fsp3) is 0.600. The minimum Gasteiger partial charge on any atom is -0.480 e. The molecule has 0 saturated heterocycles. The molecule has 0 spiro atoms. The number of alkyl halides is 1. The van der Waals surface area contributed by atoms with Gasteiger partial charge in [-0.05, 0) is 6.92 Å². The summed E-state index contributed by atoms with van der Waals surface area (Å²) >= 11 is 1.74. The van der Waals surface area contributed by atoms with Crippen LogP contribution >= 0.6 is 22.6 Å². The minimum absolute atomic E-state index is 0.0649. The molecule has 0 aromatic heterocycles. The molecule has 0 aliphatic carbocycles. The summed E-state index contributed by atoms with van der Waals surface area (Å²) in [6.45, 7) is 1.18. The molecule has 58 valence electrons. The molecule has 0 aliphatic rings. The highest BCUT2D eigenvalue weighted by atomic mass is 127. The molecule has 0 heterocycles. The molecule has 10 heavy (non-hydrogen) atoms. The lowest BCUT2D eigenvalue weighted by Crippen LogP contribution is -2.37. The van der Waals surface area contributed by atoms with Gasteiger partial charge in [-0.3, -0.25) is 9.59 Å². The van der Waals surface area contributed by atoms with E-state index in [4.69, 9.17) is 10.2 Å². The first-order chi connectivity index (χ1) is 4.45. The number of carbonyl (C=O) groups is 2. The van der Waals surface area contributed by atoms with Crippen LogP contribution in [0.4, 0.5) is 0 Å². The van der Waals surface area contributed by atoms with Gasteiger partial charge in [0.25, 0.3) is 0 Å². The molecule has 0 aliphatic heterocycles. The molecular formula is C5H7IO4. The molecule has 0 aromatic carbocycles. The summed E-state index contributed by atoms with van der Waals surface area (Å²) in [7, 11) is 0. The average Bonchev–Trinajstić information content (AvgIpc) is 1.85. The van der Waals surface area contributed by atoms with E-state index in [0.717, 1.165) is 0 Å². The van der Waals surface area contributed by atoms with Crippen molar-refractivity contribution in [2.75, 3.05) is 4.43 Å². The average molecular weight is 258 g/mol. The molecule has 0 aromatic rings. The topological polar surface area (TPSA) is 74.6 Å². The molecule has 4 nitrogen and oxygen atoms in total. The Hall–Kier alpha value is -0.330. The van der Waals surface area contributed by atoms with Crippen molar-refractivity contribution in [1.82, 2.24) is 0 Å². The smallest absolute Gasteiger partial charge is 0.321 e. The van der Waals surface area contributed by atoms with Gasteiger partial charge in [0.2, 0.25) is 0 Å². The largest absolute Gasteiger partial charge is 0.480 e. The molecule has 0 fully saturated rings. The minimum atomic E-state index is -1.64. The number of rotatable bonds is 3. The lowest BCUT2D eigenvalue weighted by molar-refractivity contribution is -0.161. The Morgan fingerprint density at radius 1 is 1.40 bits per heavy atom. The van der Waals surface area contributed by atoms with Crippen LogP contribution in [0.15, 0.2) is 0 Å². The number of aliphatic carboxylic acids is 2. The molecule has 2 N–H and O–H groups in total. The van der Waals surface area contributed by atoms with E-state index in [9.17, 15) is 9.59 Å². The van der Waals surface area contributed by atoms with Crippen molar-refractivity contribution in [3.8, 4) is 0 Å². The lowest BCUT2D eigenvalue weighted by Gasteiger charge is -2.14. The maximum atomic E-state index is 10.3. The van der Waals surface area contributed by atoms with Crippen LogP contribution in [0.5, 0.6) is 0 Å². The Morgan fingerprint density at radius 2 is 1.70 bits per heavy atom. The van der Waals surface area contributed by atoms with Gasteiger partial charge < -0.3 is 10.2 Å². The molecule has 0 radical (unpaired) electrons. The molecule has 0 amide bonds. The van der Waals surface area contributed by atoms with Crippen molar-refractivity contribution >= 4 is 34.5 Å². The first kappa shape index (κ1) is 9.67. The van der Waals surface area contributed by atoms with Gasteiger partial charge in [0.15, 0.2) is 5.41 Å². The maximum absolute atomic E-state index is 10.3. The number of carboxylic acid groups (broad SMARTS) is 2. The van der Waals surface area contributed by atoms with Crippen LogP contribution in [0.3, 0.4) is 0 Å². The standard InChI is InChI=1S/C5H7IO4/c1-5(2-6,3(7)8)4(9)10/h2H2,1H3,(H,7,8)(H,9,10). The maximum Gasteiger partial charge on any atom is 0.321 e. The predicted molar refractivity (Wildman–Crippen MR) is 42.3 cm³/mol. The highest BCUT2D eigenvalue weighted by Crippen LogP contribution is 2.19. The van der Waals surface area contributed by atoms with E-state index in [1.54, 1.807) is 22.6 Å². The van der Waals surface area contributed by atoms with Gasteiger partial charge in [-0.25, -0.2) is 0 Å². The fourth-order valence-corrected chi connectivity index (χ4v) is 0.858. The predicted octanol–water partition coefficient (Wildman–Crippen LogP) is 0.597. The second kappa shape index (κ2) is 3.18. The van der Waals surface area contributed by atoms with Gasteiger partial charge in [-0.2, -0.15) is 0 Å². The Bertz CT molecular complexity index is 151. The van der Waals surface area contributed by atoms with Crippen molar-refractivity contribution in [3.63, 3.8) is 0 Å². The first-order valence-corrected chi connectivity index (χ1v) is 4.00. The first-order valence-electron chi connectivity index (χ1n) is 2.48. The van der Waals surface area contributed by atoms with Gasteiger partial charge in [-0.1, -0.05) is 22.6 Å². The highest BCUT2D eigenvalue weighted by Gasteiger charge is 2.40. The third kappa shape index (κ3) is 1.59. The van der Waals surface area contributed by atoms with Crippen LogP contribution in [0.2, 0.25) is 0 Å². The second-order valence-electron chi connectivity index (χ2n) is 2.08. The lowest BCUT2D eigenvalue weighted by atomic mass is 9.94. The molecule has 0 atom stereocenters. The van der Waals surface area contributed by atoms with Gasteiger partial charge in [0.05, 0.1) is 0 Å². The van der Waals surface area contributed by atoms with Crippen LogP contribution in [0.25, 0.3) is 0 Å². The Balaban J connectivity index is 4.55. The number of carboxylic acids is 2. The SMILES string of the molecule is CC(CI)(C(=O)O)C(=O)O. The molecular weight excluding hydrogens is 251 g/mol. The summed E-state index contributed by atoms with van der Waals surface area (Å²) in [5.41, 5.74) is -1.64. The molecule has 0 bridgehead atoms. The van der Waals surface area contributed by atoms with E-state index < -0.39 is 17.4 Å². The van der Waals surface area contributed by atoms with Crippen molar-refractivity contribution in [3.05, 3.63) is 0 Å². The van der Waals surface area contributed by atoms with Crippen LogP contribution in [-0.4, -0.2) is 26.6 Å². The second-order valence-corrected chi connectivity index (χ2v) is 2.84. The zero-order valence-corrected chi connectivity index (χ0v) is 7.45.